The van der Waals surface area contributed by atoms with Crippen LogP contribution in [-0.2, 0) is 13.2 Å². The summed E-state index contributed by atoms with van der Waals surface area (Å²) in [4.78, 5) is 4.22. The van der Waals surface area contributed by atoms with Gasteiger partial charge in [0.05, 0.1) is 10.7 Å². The van der Waals surface area contributed by atoms with Crippen LogP contribution in [-0.4, -0.2) is 4.98 Å². The van der Waals surface area contributed by atoms with Crippen LogP contribution in [0.15, 0.2) is 72.9 Å². The second-order valence-corrected chi connectivity index (χ2v) is 5.50. The summed E-state index contributed by atoms with van der Waals surface area (Å²) in [6, 6.07) is 21.7. The van der Waals surface area contributed by atoms with E-state index in [1.807, 2.05) is 54.6 Å². The molecule has 1 heterocycles. The molecule has 1 aromatic heterocycles. The van der Waals surface area contributed by atoms with Crippen molar-refractivity contribution in [3.05, 3.63) is 89.2 Å². The van der Waals surface area contributed by atoms with Gasteiger partial charge in [-0.2, -0.15) is 0 Å². The molecule has 0 aliphatic carbocycles. The first-order valence-corrected chi connectivity index (χ1v) is 7.79. The third kappa shape index (κ3) is 4.47. The molecule has 0 saturated heterocycles. The van der Waals surface area contributed by atoms with Crippen LogP contribution in [0.4, 0.5) is 5.69 Å². The Hall–Kier alpha value is -2.52. The summed E-state index contributed by atoms with van der Waals surface area (Å²) < 4.78 is 5.72. The Morgan fingerprint density at radius 1 is 0.957 bits per heavy atom. The number of rotatable bonds is 6. The van der Waals surface area contributed by atoms with Gasteiger partial charge in [0.1, 0.15) is 12.4 Å². The molecule has 0 aliphatic heterocycles. The zero-order chi connectivity index (χ0) is 15.9. The minimum atomic E-state index is 0.400. The molecule has 0 fully saturated rings. The predicted molar refractivity (Wildman–Crippen MR) is 93.8 cm³/mol. The molecule has 4 heteroatoms. The van der Waals surface area contributed by atoms with Gasteiger partial charge in [-0.05, 0) is 35.9 Å². The largest absolute Gasteiger partial charge is 0.486 e. The fraction of sp³-hybridized carbons (Fsp3) is 0.105. The first-order chi connectivity index (χ1) is 11.3. The van der Waals surface area contributed by atoms with Gasteiger partial charge in [0.25, 0.3) is 0 Å². The van der Waals surface area contributed by atoms with E-state index in [1.54, 1.807) is 6.20 Å². The van der Waals surface area contributed by atoms with Crippen LogP contribution in [0, 0.1) is 0 Å². The molecule has 2 aromatic carbocycles. The van der Waals surface area contributed by atoms with Gasteiger partial charge in [0.2, 0.25) is 0 Å². The molecule has 3 nitrogen and oxygen atoms in total. The second kappa shape index (κ2) is 7.65. The normalized spacial score (nSPS) is 10.3. The standard InChI is InChI=1S/C19H17ClN2O/c20-18-12-16(22-13-15-6-2-1-3-7-15)9-10-19(18)23-14-17-8-4-5-11-21-17/h1-12,22H,13-14H2. The molecule has 0 spiro atoms. The third-order valence-corrected chi connectivity index (χ3v) is 3.67. The molecule has 0 radical (unpaired) electrons. The number of pyridine rings is 1. The summed E-state index contributed by atoms with van der Waals surface area (Å²) in [5, 5.41) is 3.93. The fourth-order valence-electron chi connectivity index (χ4n) is 2.16. The fourth-order valence-corrected chi connectivity index (χ4v) is 2.40. The molecule has 23 heavy (non-hydrogen) atoms. The molecule has 0 aliphatic rings. The van der Waals surface area contributed by atoms with Gasteiger partial charge < -0.3 is 10.1 Å². The van der Waals surface area contributed by atoms with Crippen LogP contribution < -0.4 is 10.1 Å². The van der Waals surface area contributed by atoms with Crippen molar-refractivity contribution in [1.29, 1.82) is 0 Å². The number of nitrogens with one attached hydrogen (secondary N) is 1. The van der Waals surface area contributed by atoms with Gasteiger partial charge in [-0.1, -0.05) is 48.0 Å². The molecular weight excluding hydrogens is 308 g/mol. The summed E-state index contributed by atoms with van der Waals surface area (Å²) in [6.45, 7) is 1.16. The van der Waals surface area contributed by atoms with E-state index in [-0.39, 0.29) is 0 Å². The lowest BCUT2D eigenvalue weighted by Crippen LogP contribution is -2.00. The molecule has 0 unspecified atom stereocenters. The molecule has 0 atom stereocenters. The predicted octanol–water partition coefficient (Wildman–Crippen LogP) is 4.93. The minimum absolute atomic E-state index is 0.400. The molecule has 0 bridgehead atoms. The number of halogens is 1. The van der Waals surface area contributed by atoms with Crippen molar-refractivity contribution in [1.82, 2.24) is 4.98 Å². The van der Waals surface area contributed by atoms with Crippen LogP contribution in [0.1, 0.15) is 11.3 Å². The maximum absolute atomic E-state index is 6.29. The monoisotopic (exact) mass is 324 g/mol. The lowest BCUT2D eigenvalue weighted by atomic mass is 10.2. The number of aromatic nitrogens is 1. The van der Waals surface area contributed by atoms with Crippen molar-refractivity contribution < 1.29 is 4.74 Å². The number of hydrogen-bond donors (Lipinski definition) is 1. The Bertz CT molecular complexity index is 748. The van der Waals surface area contributed by atoms with Crippen LogP contribution in [0.2, 0.25) is 5.02 Å². The van der Waals surface area contributed by atoms with Crippen LogP contribution >= 0.6 is 11.6 Å². The molecular formula is C19H17ClN2O. The van der Waals surface area contributed by atoms with Crippen molar-refractivity contribution in [2.24, 2.45) is 0 Å². The number of ether oxygens (including phenoxy) is 1. The number of anilines is 1. The molecule has 116 valence electrons. The van der Waals surface area contributed by atoms with Gasteiger partial charge in [0.15, 0.2) is 0 Å². The van der Waals surface area contributed by atoms with Gasteiger partial charge in [-0.25, -0.2) is 0 Å². The van der Waals surface area contributed by atoms with E-state index in [0.29, 0.717) is 17.4 Å². The highest BCUT2D eigenvalue weighted by atomic mass is 35.5. The molecule has 3 rings (SSSR count). The zero-order valence-corrected chi connectivity index (χ0v) is 13.3. The van der Waals surface area contributed by atoms with Gasteiger partial charge >= 0.3 is 0 Å². The van der Waals surface area contributed by atoms with Crippen molar-refractivity contribution in [3.63, 3.8) is 0 Å². The van der Waals surface area contributed by atoms with E-state index in [2.05, 4.69) is 22.4 Å². The van der Waals surface area contributed by atoms with E-state index in [9.17, 15) is 0 Å². The van der Waals surface area contributed by atoms with Gasteiger partial charge in [-0.3, -0.25) is 4.98 Å². The average molecular weight is 325 g/mol. The molecule has 0 saturated carbocycles. The summed E-state index contributed by atoms with van der Waals surface area (Å²) in [6.07, 6.45) is 1.75. The smallest absolute Gasteiger partial charge is 0.138 e. The summed E-state index contributed by atoms with van der Waals surface area (Å²) in [5.74, 6) is 0.655. The summed E-state index contributed by atoms with van der Waals surface area (Å²) in [5.41, 5.74) is 3.05. The minimum Gasteiger partial charge on any atom is -0.486 e. The van der Waals surface area contributed by atoms with E-state index in [1.165, 1.54) is 5.56 Å². The van der Waals surface area contributed by atoms with E-state index in [4.69, 9.17) is 16.3 Å². The van der Waals surface area contributed by atoms with Crippen molar-refractivity contribution in [2.75, 3.05) is 5.32 Å². The van der Waals surface area contributed by atoms with E-state index >= 15 is 0 Å². The lowest BCUT2D eigenvalue weighted by Gasteiger charge is -2.11. The number of hydrogen-bond acceptors (Lipinski definition) is 3. The molecule has 0 amide bonds. The number of nitrogens with zero attached hydrogens (tertiary/aromatic N) is 1. The zero-order valence-electron chi connectivity index (χ0n) is 12.6. The molecule has 1 N–H and O–H groups in total. The maximum Gasteiger partial charge on any atom is 0.138 e. The highest BCUT2D eigenvalue weighted by Crippen LogP contribution is 2.28. The first-order valence-electron chi connectivity index (χ1n) is 7.41. The Kier molecular flexibility index (Phi) is 5.12. The summed E-state index contributed by atoms with van der Waals surface area (Å²) >= 11 is 6.29. The van der Waals surface area contributed by atoms with Crippen molar-refractivity contribution in [3.8, 4) is 5.75 Å². The topological polar surface area (TPSA) is 34.1 Å². The lowest BCUT2D eigenvalue weighted by molar-refractivity contribution is 0.301. The summed E-state index contributed by atoms with van der Waals surface area (Å²) in [7, 11) is 0. The first kappa shape index (κ1) is 15.4. The van der Waals surface area contributed by atoms with E-state index in [0.717, 1.165) is 17.9 Å². The van der Waals surface area contributed by atoms with Gasteiger partial charge in [-0.15, -0.1) is 0 Å². The average Bonchev–Trinajstić information content (AvgIpc) is 2.61. The Balaban J connectivity index is 1.59. The molecule has 3 aromatic rings. The van der Waals surface area contributed by atoms with Gasteiger partial charge in [0, 0.05) is 18.4 Å². The number of benzene rings is 2. The third-order valence-electron chi connectivity index (χ3n) is 3.37. The van der Waals surface area contributed by atoms with Crippen LogP contribution in [0.3, 0.4) is 0 Å². The van der Waals surface area contributed by atoms with Crippen LogP contribution in [0.5, 0.6) is 5.75 Å². The van der Waals surface area contributed by atoms with Crippen LogP contribution in [0.25, 0.3) is 0 Å². The van der Waals surface area contributed by atoms with Crippen molar-refractivity contribution in [2.45, 2.75) is 13.2 Å². The Morgan fingerprint density at radius 2 is 1.78 bits per heavy atom. The van der Waals surface area contributed by atoms with Crippen molar-refractivity contribution >= 4 is 17.3 Å². The Labute approximate surface area is 140 Å². The highest BCUT2D eigenvalue weighted by Gasteiger charge is 2.04. The SMILES string of the molecule is Clc1cc(NCc2ccccc2)ccc1OCc1ccccn1. The maximum atomic E-state index is 6.29. The quantitative estimate of drug-likeness (QED) is 0.698. The van der Waals surface area contributed by atoms with E-state index < -0.39 is 0 Å². The second-order valence-electron chi connectivity index (χ2n) is 5.09. The Morgan fingerprint density at radius 3 is 2.52 bits per heavy atom. The highest BCUT2D eigenvalue weighted by molar-refractivity contribution is 6.32.